The summed E-state index contributed by atoms with van der Waals surface area (Å²) in [6, 6.07) is 0. The molecule has 2 rings (SSSR count). The second-order valence-electron chi connectivity index (χ2n) is 7.17. The number of hydrogen-bond donors (Lipinski definition) is 1. The van der Waals surface area contributed by atoms with Gasteiger partial charge in [-0.1, -0.05) is 20.8 Å². The Morgan fingerprint density at radius 2 is 2.22 bits per heavy atom. The summed E-state index contributed by atoms with van der Waals surface area (Å²) in [5, 5.41) is 0. The van der Waals surface area contributed by atoms with E-state index in [2.05, 4.69) is 20.8 Å². The van der Waals surface area contributed by atoms with Gasteiger partial charge in [-0.25, -0.2) is 4.79 Å². The lowest BCUT2D eigenvalue weighted by molar-refractivity contribution is 0.00845. The van der Waals surface area contributed by atoms with E-state index in [-0.39, 0.29) is 17.1 Å². The van der Waals surface area contributed by atoms with Gasteiger partial charge >= 0.3 is 6.09 Å². The fourth-order valence-electron chi connectivity index (χ4n) is 3.27. The lowest BCUT2D eigenvalue weighted by Gasteiger charge is -2.35. The van der Waals surface area contributed by atoms with Crippen molar-refractivity contribution in [2.45, 2.75) is 52.1 Å². The Balaban J connectivity index is 2.02. The van der Waals surface area contributed by atoms with E-state index in [1.165, 1.54) is 6.42 Å². The molecule has 2 aliphatic rings. The van der Waals surface area contributed by atoms with Crippen LogP contribution in [0.4, 0.5) is 4.79 Å². The van der Waals surface area contributed by atoms with Crippen molar-refractivity contribution in [2.24, 2.45) is 17.1 Å². The molecule has 104 valence electrons. The average molecular weight is 254 g/mol. The Morgan fingerprint density at radius 1 is 1.50 bits per heavy atom. The molecule has 4 heteroatoms. The van der Waals surface area contributed by atoms with Gasteiger partial charge in [0.1, 0.15) is 5.60 Å². The van der Waals surface area contributed by atoms with Gasteiger partial charge < -0.3 is 15.4 Å². The zero-order chi connectivity index (χ0) is 13.4. The number of carbonyl (C=O) groups excluding carboxylic acids is 1. The molecule has 0 unspecified atom stereocenters. The summed E-state index contributed by atoms with van der Waals surface area (Å²) in [7, 11) is 0. The van der Waals surface area contributed by atoms with Crippen LogP contribution in [0, 0.1) is 11.3 Å². The number of carbonyl (C=O) groups is 1. The van der Waals surface area contributed by atoms with Gasteiger partial charge in [0.25, 0.3) is 0 Å². The standard InChI is InChI=1S/C14H26N2O2/c1-13(2,3)9-16-10-14(18-12(16)17)6-4-5-11(7-14)8-15/h11H,4-10,15H2,1-3H3/t11-,14-/m0/s1. The maximum atomic E-state index is 12.0. The first-order chi connectivity index (χ1) is 8.34. The number of nitrogens with two attached hydrogens (primary N) is 1. The molecule has 1 heterocycles. The largest absolute Gasteiger partial charge is 0.441 e. The van der Waals surface area contributed by atoms with E-state index < -0.39 is 0 Å². The van der Waals surface area contributed by atoms with Crippen LogP contribution in [0.1, 0.15) is 46.5 Å². The summed E-state index contributed by atoms with van der Waals surface area (Å²) >= 11 is 0. The van der Waals surface area contributed by atoms with Crippen LogP contribution in [-0.2, 0) is 4.74 Å². The highest BCUT2D eigenvalue weighted by molar-refractivity contribution is 5.70. The molecule has 1 aliphatic heterocycles. The molecule has 0 aromatic carbocycles. The predicted octanol–water partition coefficient (Wildman–Crippen LogP) is 2.37. The van der Waals surface area contributed by atoms with E-state index in [0.29, 0.717) is 12.5 Å². The third kappa shape index (κ3) is 2.97. The van der Waals surface area contributed by atoms with Crippen molar-refractivity contribution in [1.29, 1.82) is 0 Å². The maximum absolute atomic E-state index is 12.0. The maximum Gasteiger partial charge on any atom is 0.410 e. The van der Waals surface area contributed by atoms with Crippen LogP contribution in [0.2, 0.25) is 0 Å². The van der Waals surface area contributed by atoms with E-state index >= 15 is 0 Å². The molecule has 0 aromatic heterocycles. The topological polar surface area (TPSA) is 55.6 Å². The van der Waals surface area contributed by atoms with Gasteiger partial charge in [0, 0.05) is 6.54 Å². The van der Waals surface area contributed by atoms with Gasteiger partial charge in [-0.05, 0) is 43.6 Å². The molecule has 1 spiro atoms. The second kappa shape index (κ2) is 4.72. The number of hydrogen-bond acceptors (Lipinski definition) is 3. The summed E-state index contributed by atoms with van der Waals surface area (Å²) < 4.78 is 5.71. The SMILES string of the molecule is CC(C)(C)CN1C[C@@]2(CCC[C@H](CN)C2)OC1=O. The van der Waals surface area contributed by atoms with Gasteiger partial charge in [-0.15, -0.1) is 0 Å². The Morgan fingerprint density at radius 3 is 2.83 bits per heavy atom. The Hall–Kier alpha value is -0.770. The Kier molecular flexibility index (Phi) is 3.58. The van der Waals surface area contributed by atoms with Gasteiger partial charge in [0.05, 0.1) is 6.54 Å². The zero-order valence-corrected chi connectivity index (χ0v) is 11.9. The molecule has 4 nitrogen and oxygen atoms in total. The van der Waals surface area contributed by atoms with Gasteiger partial charge in [0.2, 0.25) is 0 Å². The van der Waals surface area contributed by atoms with Crippen LogP contribution in [0.3, 0.4) is 0 Å². The molecule has 1 saturated heterocycles. The van der Waals surface area contributed by atoms with Crippen LogP contribution >= 0.6 is 0 Å². The van der Waals surface area contributed by atoms with Crippen molar-refractivity contribution >= 4 is 6.09 Å². The number of nitrogens with zero attached hydrogens (tertiary/aromatic N) is 1. The van der Waals surface area contributed by atoms with E-state index in [1.54, 1.807) is 0 Å². The van der Waals surface area contributed by atoms with Gasteiger partial charge in [-0.2, -0.15) is 0 Å². The minimum atomic E-state index is -0.245. The summed E-state index contributed by atoms with van der Waals surface area (Å²) in [4.78, 5) is 13.9. The number of amides is 1. The first-order valence-corrected chi connectivity index (χ1v) is 7.02. The zero-order valence-electron chi connectivity index (χ0n) is 11.9. The minimum Gasteiger partial charge on any atom is -0.441 e. The first kappa shape index (κ1) is 13.7. The number of rotatable bonds is 2. The monoisotopic (exact) mass is 254 g/mol. The Bertz CT molecular complexity index is 324. The predicted molar refractivity (Wildman–Crippen MR) is 71.3 cm³/mol. The summed E-state index contributed by atoms with van der Waals surface area (Å²) in [5.41, 5.74) is 5.64. The Labute approximate surface area is 110 Å². The first-order valence-electron chi connectivity index (χ1n) is 7.02. The van der Waals surface area contributed by atoms with Crippen molar-refractivity contribution < 1.29 is 9.53 Å². The van der Waals surface area contributed by atoms with Crippen molar-refractivity contribution in [3.63, 3.8) is 0 Å². The molecule has 1 saturated carbocycles. The lowest BCUT2D eigenvalue weighted by Crippen LogP contribution is -2.42. The highest BCUT2D eigenvalue weighted by Gasteiger charge is 2.48. The van der Waals surface area contributed by atoms with E-state index in [0.717, 1.165) is 32.4 Å². The third-order valence-corrected chi connectivity index (χ3v) is 3.95. The highest BCUT2D eigenvalue weighted by atomic mass is 16.6. The molecule has 2 atom stereocenters. The van der Waals surface area contributed by atoms with E-state index in [4.69, 9.17) is 10.5 Å². The molecule has 0 bridgehead atoms. The van der Waals surface area contributed by atoms with Crippen molar-refractivity contribution in [3.05, 3.63) is 0 Å². The van der Waals surface area contributed by atoms with Crippen molar-refractivity contribution in [1.82, 2.24) is 4.90 Å². The molecule has 2 N–H and O–H groups in total. The third-order valence-electron chi connectivity index (χ3n) is 3.95. The lowest BCUT2D eigenvalue weighted by atomic mass is 9.78. The second-order valence-corrected chi connectivity index (χ2v) is 7.17. The van der Waals surface area contributed by atoms with Crippen LogP contribution in [0.25, 0.3) is 0 Å². The molecule has 18 heavy (non-hydrogen) atoms. The van der Waals surface area contributed by atoms with Crippen LogP contribution in [-0.4, -0.2) is 36.2 Å². The quantitative estimate of drug-likeness (QED) is 0.823. The molecular weight excluding hydrogens is 228 g/mol. The van der Waals surface area contributed by atoms with Crippen molar-refractivity contribution in [2.75, 3.05) is 19.6 Å². The normalized spacial score (nSPS) is 33.0. The average Bonchev–Trinajstić information content (AvgIpc) is 2.52. The minimum absolute atomic E-state index is 0.118. The van der Waals surface area contributed by atoms with E-state index in [9.17, 15) is 4.79 Å². The van der Waals surface area contributed by atoms with E-state index in [1.807, 2.05) is 4.90 Å². The summed E-state index contributed by atoms with van der Waals surface area (Å²) in [6.07, 6.45) is 4.10. The highest BCUT2D eigenvalue weighted by Crippen LogP contribution is 2.40. The van der Waals surface area contributed by atoms with Crippen LogP contribution in [0.5, 0.6) is 0 Å². The van der Waals surface area contributed by atoms with Crippen LogP contribution < -0.4 is 5.73 Å². The molecule has 0 radical (unpaired) electrons. The molecular formula is C14H26N2O2. The summed E-state index contributed by atoms with van der Waals surface area (Å²) in [5.74, 6) is 0.515. The van der Waals surface area contributed by atoms with Gasteiger partial charge in [0.15, 0.2) is 0 Å². The molecule has 1 aliphatic carbocycles. The van der Waals surface area contributed by atoms with Gasteiger partial charge in [-0.3, -0.25) is 0 Å². The smallest absolute Gasteiger partial charge is 0.410 e. The molecule has 1 amide bonds. The number of ether oxygens (including phenoxy) is 1. The fourth-order valence-corrected chi connectivity index (χ4v) is 3.27. The fraction of sp³-hybridized carbons (Fsp3) is 0.929. The van der Waals surface area contributed by atoms with Crippen LogP contribution in [0.15, 0.2) is 0 Å². The molecule has 0 aromatic rings. The van der Waals surface area contributed by atoms with Crippen molar-refractivity contribution in [3.8, 4) is 0 Å². The summed E-state index contributed by atoms with van der Waals surface area (Å²) in [6.45, 7) is 8.66. The molecule has 2 fully saturated rings.